The Balaban J connectivity index is 3.23. The van der Waals surface area contributed by atoms with E-state index >= 15 is 0 Å². The summed E-state index contributed by atoms with van der Waals surface area (Å²) in [5.41, 5.74) is 0. The standard InChI is InChI=1S/C2H4GeO3/c3-6-2(5)1-4/h1H,3H3. The van der Waals surface area contributed by atoms with Gasteiger partial charge in [0.25, 0.3) is 0 Å². The molecular formula is C2H4GeO3. The summed E-state index contributed by atoms with van der Waals surface area (Å²) >= 11 is 0.00495. The fourth-order valence-corrected chi connectivity index (χ4v) is 0.250. The van der Waals surface area contributed by atoms with Gasteiger partial charge in [0.2, 0.25) is 0 Å². The van der Waals surface area contributed by atoms with Crippen molar-refractivity contribution in [2.45, 2.75) is 0 Å². The predicted octanol–water partition coefficient (Wildman–Crippen LogP) is -1.99. The third-order valence-corrected chi connectivity index (χ3v) is 1.14. The van der Waals surface area contributed by atoms with Gasteiger partial charge in [0.1, 0.15) is 0 Å². The molecule has 0 bridgehead atoms. The molecule has 4 heteroatoms. The van der Waals surface area contributed by atoms with Crippen LogP contribution in [0.3, 0.4) is 0 Å². The number of carbonyl (C=O) groups is 2. The van der Waals surface area contributed by atoms with Gasteiger partial charge in [0, 0.05) is 0 Å². The Morgan fingerprint density at radius 3 is 2.33 bits per heavy atom. The van der Waals surface area contributed by atoms with E-state index < -0.39 is 5.97 Å². The normalized spacial score (nSPS) is 7.33. The summed E-state index contributed by atoms with van der Waals surface area (Å²) in [6, 6.07) is 0. The first-order valence-corrected chi connectivity index (χ1v) is 3.05. The van der Waals surface area contributed by atoms with Crippen molar-refractivity contribution < 1.29 is 13.4 Å². The van der Waals surface area contributed by atoms with Crippen molar-refractivity contribution >= 4 is 29.1 Å². The molecule has 0 aromatic carbocycles. The molecule has 0 N–H and O–H groups in total. The fraction of sp³-hybridized carbons (Fsp3) is 0. The first kappa shape index (κ1) is 5.68. The van der Waals surface area contributed by atoms with Crippen LogP contribution >= 0.6 is 0 Å². The zero-order valence-corrected chi connectivity index (χ0v) is 7.50. The Morgan fingerprint density at radius 2 is 2.33 bits per heavy atom. The van der Waals surface area contributed by atoms with E-state index in [9.17, 15) is 9.59 Å². The maximum atomic E-state index is 9.64. The van der Waals surface area contributed by atoms with Gasteiger partial charge in [0.05, 0.1) is 0 Å². The first-order chi connectivity index (χ1) is 2.81. The van der Waals surface area contributed by atoms with Crippen LogP contribution in [-0.4, -0.2) is 29.1 Å². The molecule has 3 nitrogen and oxygen atoms in total. The molecule has 0 saturated carbocycles. The minimum absolute atomic E-state index is 0.00495. The number of rotatable bonds is 1. The zero-order chi connectivity index (χ0) is 4.99. The van der Waals surface area contributed by atoms with E-state index in [-0.39, 0.29) is 23.1 Å². The first-order valence-electron chi connectivity index (χ1n) is 1.34. The molecule has 0 heterocycles. The topological polar surface area (TPSA) is 43.4 Å². The summed E-state index contributed by atoms with van der Waals surface area (Å²) in [7, 11) is 0. The molecule has 0 aliphatic rings. The average molecular weight is 149 g/mol. The second-order valence-electron chi connectivity index (χ2n) is 0.641. The molecule has 0 rings (SSSR count). The van der Waals surface area contributed by atoms with Crippen LogP contribution in [0.25, 0.3) is 0 Å². The van der Waals surface area contributed by atoms with Crippen LogP contribution in [0.15, 0.2) is 0 Å². The monoisotopic (exact) mass is 150 g/mol. The molecule has 0 aromatic heterocycles. The van der Waals surface area contributed by atoms with E-state index in [0.29, 0.717) is 0 Å². The molecule has 6 heavy (non-hydrogen) atoms. The van der Waals surface area contributed by atoms with Gasteiger partial charge in [-0.1, -0.05) is 0 Å². The van der Waals surface area contributed by atoms with E-state index in [1.807, 2.05) is 0 Å². The van der Waals surface area contributed by atoms with Gasteiger partial charge in [0.15, 0.2) is 0 Å². The summed E-state index contributed by atoms with van der Waals surface area (Å²) in [6.07, 6.45) is 0.158. The fourth-order valence-electron chi connectivity index (χ4n) is 0.0481. The van der Waals surface area contributed by atoms with E-state index in [1.54, 1.807) is 0 Å². The SMILES string of the molecule is O=CC(=O)[O][GeH3]. The van der Waals surface area contributed by atoms with E-state index in [1.165, 1.54) is 0 Å². The van der Waals surface area contributed by atoms with Crippen molar-refractivity contribution in [2.75, 3.05) is 0 Å². The van der Waals surface area contributed by atoms with Crippen molar-refractivity contribution in [3.63, 3.8) is 0 Å². The third-order valence-electron chi connectivity index (χ3n) is 0.297. The minimum atomic E-state index is -0.755. The number of carbonyl (C=O) groups excluding carboxylic acids is 2. The van der Waals surface area contributed by atoms with Gasteiger partial charge in [-0.3, -0.25) is 0 Å². The molecule has 0 aromatic rings. The molecule has 0 unspecified atom stereocenters. The molecule has 0 atom stereocenters. The Kier molecular flexibility index (Phi) is 2.74. The summed E-state index contributed by atoms with van der Waals surface area (Å²) in [5, 5.41) is 0. The van der Waals surface area contributed by atoms with Gasteiger partial charge < -0.3 is 0 Å². The summed E-state index contributed by atoms with van der Waals surface area (Å²) in [4.78, 5) is 18.9. The van der Waals surface area contributed by atoms with Gasteiger partial charge >= 0.3 is 42.5 Å². The van der Waals surface area contributed by atoms with Gasteiger partial charge in [-0.2, -0.15) is 0 Å². The number of hydrogen-bond donors (Lipinski definition) is 0. The van der Waals surface area contributed by atoms with Crippen molar-refractivity contribution in [3.8, 4) is 0 Å². The number of aldehydes is 1. The van der Waals surface area contributed by atoms with Gasteiger partial charge in [-0.05, 0) is 0 Å². The van der Waals surface area contributed by atoms with Crippen LogP contribution < -0.4 is 0 Å². The predicted molar refractivity (Wildman–Crippen MR) is 22.1 cm³/mol. The quantitative estimate of drug-likeness (QED) is 0.246. The second-order valence-corrected chi connectivity index (χ2v) is 1.50. The van der Waals surface area contributed by atoms with Crippen LogP contribution in [0.2, 0.25) is 0 Å². The van der Waals surface area contributed by atoms with Crippen molar-refractivity contribution in [1.82, 2.24) is 0 Å². The van der Waals surface area contributed by atoms with Crippen LogP contribution in [0.1, 0.15) is 0 Å². The van der Waals surface area contributed by atoms with Crippen molar-refractivity contribution in [2.24, 2.45) is 0 Å². The Hall–Kier alpha value is -0.317. The molecule has 0 aliphatic carbocycles. The molecule has 0 saturated heterocycles. The third kappa shape index (κ3) is 1.95. The van der Waals surface area contributed by atoms with Gasteiger partial charge in [-0.15, -0.1) is 0 Å². The summed E-state index contributed by atoms with van der Waals surface area (Å²) in [5.74, 6) is -0.755. The summed E-state index contributed by atoms with van der Waals surface area (Å²) < 4.78 is 4.08. The van der Waals surface area contributed by atoms with Crippen LogP contribution in [0.4, 0.5) is 0 Å². The Morgan fingerprint density at radius 1 is 1.83 bits per heavy atom. The van der Waals surface area contributed by atoms with E-state index in [4.69, 9.17) is 0 Å². The zero-order valence-electron chi connectivity index (χ0n) is 3.30. The average Bonchev–Trinajstić information content (AvgIpc) is 1.65. The molecule has 0 fully saturated rings. The second kappa shape index (κ2) is 2.90. The molecular weight excluding hydrogens is 145 g/mol. The van der Waals surface area contributed by atoms with Crippen LogP contribution in [-0.2, 0) is 13.4 Å². The maximum absolute atomic E-state index is 9.64. The van der Waals surface area contributed by atoms with Crippen LogP contribution in [0, 0.1) is 0 Å². The van der Waals surface area contributed by atoms with Crippen molar-refractivity contribution in [1.29, 1.82) is 0 Å². The Labute approximate surface area is 43.2 Å². The molecule has 34 valence electrons. The Bertz CT molecular complexity index is 69.2. The van der Waals surface area contributed by atoms with E-state index in [0.717, 1.165) is 0 Å². The van der Waals surface area contributed by atoms with Crippen molar-refractivity contribution in [3.05, 3.63) is 0 Å². The molecule has 0 aliphatic heterocycles. The molecule has 0 amide bonds. The van der Waals surface area contributed by atoms with Gasteiger partial charge in [-0.25, -0.2) is 0 Å². The summed E-state index contributed by atoms with van der Waals surface area (Å²) in [6.45, 7) is 0. The molecule has 0 spiro atoms. The molecule has 0 radical (unpaired) electrons. The number of hydrogen-bond acceptors (Lipinski definition) is 3. The van der Waals surface area contributed by atoms with E-state index in [2.05, 4.69) is 3.76 Å². The van der Waals surface area contributed by atoms with Crippen LogP contribution in [0.5, 0.6) is 0 Å².